The van der Waals surface area contributed by atoms with Crippen molar-refractivity contribution >= 4 is 17.7 Å². The Morgan fingerprint density at radius 3 is 2.57 bits per heavy atom. The number of carbonyl (C=O) groups excluding carboxylic acids is 1. The second kappa shape index (κ2) is 9.34. The Kier molecular flexibility index (Phi) is 6.86. The molecule has 0 amide bonds. The van der Waals surface area contributed by atoms with Gasteiger partial charge in [0.1, 0.15) is 0 Å². The highest BCUT2D eigenvalue weighted by Crippen LogP contribution is 2.41. The third-order valence-corrected chi connectivity index (χ3v) is 6.23. The fraction of sp³-hybridized carbons (Fsp3) is 0.400. The highest BCUT2D eigenvalue weighted by molar-refractivity contribution is 7.99. The molecule has 0 saturated carbocycles. The first-order chi connectivity index (χ1) is 13.5. The maximum absolute atomic E-state index is 11.4. The van der Waals surface area contributed by atoms with Gasteiger partial charge in [-0.15, -0.1) is 11.8 Å². The zero-order valence-corrected chi connectivity index (χ0v) is 17.8. The smallest absolute Gasteiger partial charge is 0.305 e. The van der Waals surface area contributed by atoms with Gasteiger partial charge in [-0.2, -0.15) is 0 Å². The van der Waals surface area contributed by atoms with Crippen LogP contribution in [-0.4, -0.2) is 18.3 Å². The Balaban J connectivity index is 1.63. The van der Waals surface area contributed by atoms with Gasteiger partial charge in [0, 0.05) is 22.4 Å². The van der Waals surface area contributed by atoms with Gasteiger partial charge in [-0.25, -0.2) is 0 Å². The van der Waals surface area contributed by atoms with Gasteiger partial charge in [0.05, 0.1) is 6.61 Å². The van der Waals surface area contributed by atoms with Crippen LogP contribution in [0.5, 0.6) is 0 Å². The number of thioether (sulfide) groups is 1. The minimum atomic E-state index is -0.114. The molecule has 2 aromatic rings. The van der Waals surface area contributed by atoms with Crippen LogP contribution in [0.25, 0.3) is 0 Å². The van der Waals surface area contributed by atoms with E-state index >= 15 is 0 Å². The molecule has 0 bridgehead atoms. The molecule has 0 atom stereocenters. The summed E-state index contributed by atoms with van der Waals surface area (Å²) in [6.07, 6.45) is 3.37. The molecule has 0 fully saturated rings. The molecule has 0 N–H and O–H groups in total. The van der Waals surface area contributed by atoms with Crippen molar-refractivity contribution in [2.24, 2.45) is 0 Å². The molecular formula is C25H28O2S. The number of rotatable bonds is 5. The predicted molar refractivity (Wildman–Crippen MR) is 117 cm³/mol. The van der Waals surface area contributed by atoms with Crippen molar-refractivity contribution in [2.75, 3.05) is 12.4 Å². The Morgan fingerprint density at radius 1 is 1.11 bits per heavy atom. The number of hydrogen-bond acceptors (Lipinski definition) is 3. The Hall–Kier alpha value is -2.18. The van der Waals surface area contributed by atoms with Crippen LogP contribution in [0.4, 0.5) is 0 Å². The highest BCUT2D eigenvalue weighted by Gasteiger charge is 2.27. The summed E-state index contributed by atoms with van der Waals surface area (Å²) < 4.78 is 4.96. The summed E-state index contributed by atoms with van der Waals surface area (Å²) in [5, 5.41) is 0. The fourth-order valence-corrected chi connectivity index (χ4v) is 4.87. The SMILES string of the molecule is CCOC(=O)CCCc1ccc(C#Cc2ccc3c(c2)C(C)(C)CCS3)cc1. The third-order valence-electron chi connectivity index (χ3n) is 5.15. The lowest BCUT2D eigenvalue weighted by atomic mass is 9.81. The molecule has 28 heavy (non-hydrogen) atoms. The molecule has 1 aliphatic heterocycles. The minimum Gasteiger partial charge on any atom is -0.466 e. The van der Waals surface area contributed by atoms with Crippen molar-refractivity contribution < 1.29 is 9.53 Å². The molecule has 1 heterocycles. The number of hydrogen-bond donors (Lipinski definition) is 0. The third kappa shape index (κ3) is 5.42. The van der Waals surface area contributed by atoms with E-state index in [0.29, 0.717) is 13.0 Å². The number of esters is 1. The molecule has 0 aliphatic carbocycles. The van der Waals surface area contributed by atoms with E-state index in [4.69, 9.17) is 4.74 Å². The van der Waals surface area contributed by atoms with Crippen molar-refractivity contribution in [1.29, 1.82) is 0 Å². The van der Waals surface area contributed by atoms with Crippen LogP contribution in [0.3, 0.4) is 0 Å². The number of carbonyl (C=O) groups is 1. The van der Waals surface area contributed by atoms with Crippen LogP contribution in [0.15, 0.2) is 47.4 Å². The van der Waals surface area contributed by atoms with Crippen LogP contribution < -0.4 is 0 Å². The van der Waals surface area contributed by atoms with Crippen molar-refractivity contribution in [3.05, 3.63) is 64.7 Å². The first-order valence-corrected chi connectivity index (χ1v) is 11.0. The summed E-state index contributed by atoms with van der Waals surface area (Å²) in [5.41, 5.74) is 4.96. The quantitative estimate of drug-likeness (QED) is 0.479. The Morgan fingerprint density at radius 2 is 1.82 bits per heavy atom. The lowest BCUT2D eigenvalue weighted by molar-refractivity contribution is -0.143. The van der Waals surface area contributed by atoms with Crippen LogP contribution >= 0.6 is 11.8 Å². The van der Waals surface area contributed by atoms with Crippen molar-refractivity contribution in [3.63, 3.8) is 0 Å². The normalized spacial score (nSPS) is 14.5. The van der Waals surface area contributed by atoms with Gasteiger partial charge < -0.3 is 4.74 Å². The summed E-state index contributed by atoms with van der Waals surface area (Å²) in [6.45, 7) is 6.93. The highest BCUT2D eigenvalue weighted by atomic mass is 32.2. The maximum atomic E-state index is 11.4. The number of aryl methyl sites for hydroxylation is 1. The second-order valence-corrected chi connectivity index (χ2v) is 8.94. The zero-order valence-electron chi connectivity index (χ0n) is 17.0. The molecule has 0 aromatic heterocycles. The van der Waals surface area contributed by atoms with Gasteiger partial charge in [-0.3, -0.25) is 4.79 Å². The molecule has 3 heteroatoms. The number of benzene rings is 2. The molecule has 146 valence electrons. The molecule has 0 saturated heterocycles. The Labute approximate surface area is 173 Å². The summed E-state index contributed by atoms with van der Waals surface area (Å²) in [5.74, 6) is 7.68. The van der Waals surface area contributed by atoms with Crippen molar-refractivity contribution in [2.45, 2.75) is 56.8 Å². The summed E-state index contributed by atoms with van der Waals surface area (Å²) >= 11 is 1.95. The van der Waals surface area contributed by atoms with Crippen molar-refractivity contribution in [3.8, 4) is 11.8 Å². The van der Waals surface area contributed by atoms with Gasteiger partial charge in [-0.05, 0) is 78.8 Å². The second-order valence-electron chi connectivity index (χ2n) is 7.80. The number of fused-ring (bicyclic) bond motifs is 1. The van der Waals surface area contributed by atoms with Gasteiger partial charge in [0.15, 0.2) is 0 Å². The summed E-state index contributed by atoms with van der Waals surface area (Å²) in [6, 6.07) is 14.9. The van der Waals surface area contributed by atoms with E-state index < -0.39 is 0 Å². The van der Waals surface area contributed by atoms with Crippen LogP contribution in [0, 0.1) is 11.8 Å². The first-order valence-electron chi connectivity index (χ1n) is 10.0. The summed E-state index contributed by atoms with van der Waals surface area (Å²) in [7, 11) is 0. The van der Waals surface area contributed by atoms with Crippen LogP contribution in [0.2, 0.25) is 0 Å². The number of ether oxygens (including phenoxy) is 1. The molecule has 0 radical (unpaired) electrons. The lowest BCUT2D eigenvalue weighted by Gasteiger charge is -2.32. The molecule has 2 nitrogen and oxygen atoms in total. The van der Waals surface area contributed by atoms with E-state index in [9.17, 15) is 4.79 Å². The molecule has 3 rings (SSSR count). The largest absolute Gasteiger partial charge is 0.466 e. The topological polar surface area (TPSA) is 26.3 Å². The Bertz CT molecular complexity index is 885. The van der Waals surface area contributed by atoms with E-state index in [1.54, 1.807) is 0 Å². The van der Waals surface area contributed by atoms with E-state index in [1.165, 1.54) is 28.2 Å². The zero-order chi connectivity index (χ0) is 20.0. The van der Waals surface area contributed by atoms with Gasteiger partial charge in [-0.1, -0.05) is 37.8 Å². The monoisotopic (exact) mass is 392 g/mol. The van der Waals surface area contributed by atoms with Crippen LogP contribution in [0.1, 0.15) is 62.3 Å². The molecule has 0 spiro atoms. The van der Waals surface area contributed by atoms with Crippen LogP contribution in [-0.2, 0) is 21.4 Å². The van der Waals surface area contributed by atoms with E-state index in [-0.39, 0.29) is 11.4 Å². The van der Waals surface area contributed by atoms with Gasteiger partial charge >= 0.3 is 5.97 Å². The average Bonchev–Trinajstić information content (AvgIpc) is 2.68. The van der Waals surface area contributed by atoms with E-state index in [2.05, 4.69) is 68.2 Å². The lowest BCUT2D eigenvalue weighted by Crippen LogP contribution is -2.22. The predicted octanol–water partition coefficient (Wildman–Crippen LogP) is 5.75. The average molecular weight is 393 g/mol. The van der Waals surface area contributed by atoms with E-state index in [0.717, 1.165) is 24.0 Å². The van der Waals surface area contributed by atoms with Gasteiger partial charge in [0.2, 0.25) is 0 Å². The van der Waals surface area contributed by atoms with Gasteiger partial charge in [0.25, 0.3) is 0 Å². The fourth-order valence-electron chi connectivity index (χ4n) is 3.38. The molecule has 2 aromatic carbocycles. The standard InChI is InChI=1S/C25H28O2S/c1-4-27-24(26)7-5-6-19-8-10-20(11-9-19)12-13-21-14-15-23-22(18-21)25(2,3)16-17-28-23/h8-11,14-15,18H,4-7,16-17H2,1-3H3. The maximum Gasteiger partial charge on any atom is 0.305 e. The van der Waals surface area contributed by atoms with Crippen molar-refractivity contribution in [1.82, 2.24) is 0 Å². The first kappa shape index (κ1) is 20.6. The molecular weight excluding hydrogens is 364 g/mol. The molecule has 0 unspecified atom stereocenters. The summed E-state index contributed by atoms with van der Waals surface area (Å²) in [4.78, 5) is 12.8. The van der Waals surface area contributed by atoms with E-state index in [1.807, 2.05) is 18.7 Å². The minimum absolute atomic E-state index is 0.114. The molecule has 1 aliphatic rings.